The molecular formula is C19H22N4O2. The molecule has 4 rings (SSSR count). The molecule has 0 spiro atoms. The standard InChI is InChI=1S/C19H22N4O2/c1-12-8-13-15(9-19(2,3)10-17(13)25-12)20-18(24)11-23-16-7-5-4-6-14(16)21-22-23/h4-8,15H,9-11H2,1-3H3,(H,20,24)/t15-/m0/s1. The molecule has 0 aliphatic heterocycles. The highest BCUT2D eigenvalue weighted by molar-refractivity contribution is 5.80. The predicted octanol–water partition coefficient (Wildman–Crippen LogP) is 3.16. The van der Waals surface area contributed by atoms with Crippen molar-refractivity contribution in [3.05, 3.63) is 47.4 Å². The smallest absolute Gasteiger partial charge is 0.242 e. The number of para-hydroxylation sites is 1. The van der Waals surface area contributed by atoms with Crippen LogP contribution in [0.4, 0.5) is 0 Å². The van der Waals surface area contributed by atoms with Gasteiger partial charge in [-0.1, -0.05) is 31.2 Å². The zero-order chi connectivity index (χ0) is 17.6. The first-order valence-corrected chi connectivity index (χ1v) is 8.58. The summed E-state index contributed by atoms with van der Waals surface area (Å²) in [6, 6.07) is 9.66. The van der Waals surface area contributed by atoms with Gasteiger partial charge < -0.3 is 9.73 Å². The van der Waals surface area contributed by atoms with E-state index in [9.17, 15) is 4.79 Å². The molecule has 0 saturated heterocycles. The van der Waals surface area contributed by atoms with Crippen molar-refractivity contribution >= 4 is 16.9 Å². The molecule has 0 unspecified atom stereocenters. The highest BCUT2D eigenvalue weighted by atomic mass is 16.3. The van der Waals surface area contributed by atoms with E-state index in [0.717, 1.165) is 41.0 Å². The number of rotatable bonds is 3. The average Bonchev–Trinajstić information content (AvgIpc) is 3.10. The number of aryl methyl sites for hydroxylation is 1. The molecule has 130 valence electrons. The Kier molecular flexibility index (Phi) is 3.63. The summed E-state index contributed by atoms with van der Waals surface area (Å²) in [5.41, 5.74) is 2.85. The van der Waals surface area contributed by atoms with Gasteiger partial charge >= 0.3 is 0 Å². The highest BCUT2D eigenvalue weighted by Crippen LogP contribution is 2.41. The average molecular weight is 338 g/mol. The van der Waals surface area contributed by atoms with Crippen molar-refractivity contribution < 1.29 is 9.21 Å². The quantitative estimate of drug-likeness (QED) is 0.796. The van der Waals surface area contributed by atoms with E-state index in [1.807, 2.05) is 37.3 Å². The maximum absolute atomic E-state index is 12.6. The number of amides is 1. The van der Waals surface area contributed by atoms with Crippen LogP contribution in [0.1, 0.15) is 43.4 Å². The van der Waals surface area contributed by atoms with Gasteiger partial charge in [0.05, 0.1) is 11.6 Å². The van der Waals surface area contributed by atoms with Gasteiger partial charge in [-0.3, -0.25) is 4.79 Å². The third-order valence-corrected chi connectivity index (χ3v) is 4.78. The fourth-order valence-corrected chi connectivity index (χ4v) is 3.72. The van der Waals surface area contributed by atoms with E-state index in [2.05, 4.69) is 29.5 Å². The van der Waals surface area contributed by atoms with Crippen molar-refractivity contribution in [1.29, 1.82) is 0 Å². The van der Waals surface area contributed by atoms with Gasteiger partial charge in [-0.15, -0.1) is 5.10 Å². The summed E-state index contributed by atoms with van der Waals surface area (Å²) in [6.07, 6.45) is 1.79. The van der Waals surface area contributed by atoms with Crippen LogP contribution in [0.25, 0.3) is 11.0 Å². The van der Waals surface area contributed by atoms with Crippen LogP contribution in [-0.2, 0) is 17.8 Å². The Labute approximate surface area is 146 Å². The van der Waals surface area contributed by atoms with Crippen LogP contribution in [0.3, 0.4) is 0 Å². The SMILES string of the molecule is Cc1cc2c(o1)CC(C)(C)C[C@@H]2NC(=O)Cn1nnc2ccccc21. The minimum absolute atomic E-state index is 0.0292. The Hall–Kier alpha value is -2.63. The van der Waals surface area contributed by atoms with Gasteiger partial charge in [0.25, 0.3) is 0 Å². The summed E-state index contributed by atoms with van der Waals surface area (Å²) in [5.74, 6) is 1.82. The lowest BCUT2D eigenvalue weighted by molar-refractivity contribution is -0.122. The molecule has 2 aromatic heterocycles. The summed E-state index contributed by atoms with van der Waals surface area (Å²) < 4.78 is 7.48. The fraction of sp³-hybridized carbons (Fsp3) is 0.421. The first-order chi connectivity index (χ1) is 11.9. The maximum Gasteiger partial charge on any atom is 0.242 e. The molecule has 1 amide bonds. The van der Waals surface area contributed by atoms with Crippen molar-refractivity contribution in [2.45, 2.75) is 46.2 Å². The molecule has 3 aromatic rings. The summed E-state index contributed by atoms with van der Waals surface area (Å²) in [6.45, 7) is 6.52. The van der Waals surface area contributed by atoms with Crippen LogP contribution in [0.15, 0.2) is 34.7 Å². The highest BCUT2D eigenvalue weighted by Gasteiger charge is 2.35. The summed E-state index contributed by atoms with van der Waals surface area (Å²) in [5, 5.41) is 11.4. The van der Waals surface area contributed by atoms with Gasteiger partial charge in [0.2, 0.25) is 5.91 Å². The summed E-state index contributed by atoms with van der Waals surface area (Å²) in [7, 11) is 0. The first kappa shape index (κ1) is 15.9. The molecule has 1 N–H and O–H groups in total. The van der Waals surface area contributed by atoms with Crippen molar-refractivity contribution in [2.75, 3.05) is 0 Å². The van der Waals surface area contributed by atoms with Crippen LogP contribution in [0.2, 0.25) is 0 Å². The monoisotopic (exact) mass is 338 g/mol. The number of benzene rings is 1. The van der Waals surface area contributed by atoms with Crippen LogP contribution < -0.4 is 5.32 Å². The van der Waals surface area contributed by atoms with Crippen molar-refractivity contribution in [2.24, 2.45) is 5.41 Å². The van der Waals surface area contributed by atoms with Crippen LogP contribution in [0.5, 0.6) is 0 Å². The van der Waals surface area contributed by atoms with Crippen LogP contribution in [0, 0.1) is 12.3 Å². The molecule has 1 aromatic carbocycles. The number of nitrogens with one attached hydrogen (secondary N) is 1. The number of hydrogen-bond acceptors (Lipinski definition) is 4. The Morgan fingerprint density at radius 2 is 2.20 bits per heavy atom. The zero-order valence-electron chi connectivity index (χ0n) is 14.7. The van der Waals surface area contributed by atoms with E-state index < -0.39 is 0 Å². The van der Waals surface area contributed by atoms with Gasteiger partial charge in [-0.2, -0.15) is 0 Å². The number of nitrogens with zero attached hydrogens (tertiary/aromatic N) is 3. The third-order valence-electron chi connectivity index (χ3n) is 4.78. The second-order valence-electron chi connectivity index (χ2n) is 7.64. The second-order valence-corrected chi connectivity index (χ2v) is 7.64. The largest absolute Gasteiger partial charge is 0.466 e. The molecule has 1 aliphatic rings. The molecule has 0 bridgehead atoms. The third kappa shape index (κ3) is 3.04. The van der Waals surface area contributed by atoms with E-state index in [-0.39, 0.29) is 23.9 Å². The minimum atomic E-state index is -0.0665. The Morgan fingerprint density at radius 3 is 3.04 bits per heavy atom. The van der Waals surface area contributed by atoms with Gasteiger partial charge in [0, 0.05) is 12.0 Å². The molecular weight excluding hydrogens is 316 g/mol. The van der Waals surface area contributed by atoms with Gasteiger partial charge in [0.15, 0.2) is 0 Å². The second kappa shape index (κ2) is 5.72. The molecule has 0 fully saturated rings. The van der Waals surface area contributed by atoms with Gasteiger partial charge in [0.1, 0.15) is 23.6 Å². The van der Waals surface area contributed by atoms with E-state index >= 15 is 0 Å². The number of carbonyl (C=O) groups excluding carboxylic acids is 1. The van der Waals surface area contributed by atoms with Crippen LogP contribution >= 0.6 is 0 Å². The van der Waals surface area contributed by atoms with E-state index in [4.69, 9.17) is 4.42 Å². The Morgan fingerprint density at radius 1 is 1.40 bits per heavy atom. The van der Waals surface area contributed by atoms with Crippen molar-refractivity contribution in [1.82, 2.24) is 20.3 Å². The van der Waals surface area contributed by atoms with Crippen molar-refractivity contribution in [3.8, 4) is 0 Å². The number of furan rings is 1. The van der Waals surface area contributed by atoms with Gasteiger partial charge in [-0.05, 0) is 37.0 Å². The summed E-state index contributed by atoms with van der Waals surface area (Å²) in [4.78, 5) is 12.6. The first-order valence-electron chi connectivity index (χ1n) is 8.58. The molecule has 25 heavy (non-hydrogen) atoms. The molecule has 6 nitrogen and oxygen atoms in total. The topological polar surface area (TPSA) is 73.0 Å². The molecule has 1 aliphatic carbocycles. The number of fused-ring (bicyclic) bond motifs is 2. The van der Waals surface area contributed by atoms with E-state index in [0.29, 0.717) is 0 Å². The van der Waals surface area contributed by atoms with E-state index in [1.165, 1.54) is 0 Å². The Bertz CT molecular complexity index is 938. The normalized spacial score (nSPS) is 18.9. The predicted molar refractivity (Wildman–Crippen MR) is 94.0 cm³/mol. The number of aromatic nitrogens is 3. The zero-order valence-corrected chi connectivity index (χ0v) is 14.7. The Balaban J connectivity index is 1.54. The van der Waals surface area contributed by atoms with Crippen LogP contribution in [-0.4, -0.2) is 20.9 Å². The minimum Gasteiger partial charge on any atom is -0.466 e. The fourth-order valence-electron chi connectivity index (χ4n) is 3.72. The van der Waals surface area contributed by atoms with Crippen molar-refractivity contribution in [3.63, 3.8) is 0 Å². The van der Waals surface area contributed by atoms with Gasteiger partial charge in [-0.25, -0.2) is 4.68 Å². The maximum atomic E-state index is 12.6. The molecule has 2 heterocycles. The molecule has 0 radical (unpaired) electrons. The van der Waals surface area contributed by atoms with E-state index in [1.54, 1.807) is 4.68 Å². The molecule has 6 heteroatoms. The summed E-state index contributed by atoms with van der Waals surface area (Å²) >= 11 is 0. The molecule has 0 saturated carbocycles. The lowest BCUT2D eigenvalue weighted by Gasteiger charge is -2.34. The number of hydrogen-bond donors (Lipinski definition) is 1. The lowest BCUT2D eigenvalue weighted by atomic mass is 9.74. The lowest BCUT2D eigenvalue weighted by Crippen LogP contribution is -2.37. The number of carbonyl (C=O) groups is 1. The molecule has 1 atom stereocenters.